The van der Waals surface area contributed by atoms with E-state index in [0.29, 0.717) is 31.6 Å². The Labute approximate surface area is 153 Å². The zero-order chi connectivity index (χ0) is 18.1. The van der Waals surface area contributed by atoms with E-state index in [4.69, 9.17) is 4.74 Å². The van der Waals surface area contributed by atoms with Crippen LogP contribution >= 0.6 is 0 Å². The lowest BCUT2D eigenvalue weighted by Crippen LogP contribution is -2.34. The highest BCUT2D eigenvalue weighted by atomic mass is 16.5. The van der Waals surface area contributed by atoms with Crippen LogP contribution in [0, 0.1) is 5.41 Å². The summed E-state index contributed by atoms with van der Waals surface area (Å²) in [5, 5.41) is 0. The third-order valence-corrected chi connectivity index (χ3v) is 5.45. The number of rotatable bonds is 3. The van der Waals surface area contributed by atoms with E-state index < -0.39 is 0 Å². The Kier molecular flexibility index (Phi) is 4.15. The third-order valence-electron chi connectivity index (χ3n) is 5.45. The summed E-state index contributed by atoms with van der Waals surface area (Å²) >= 11 is 0. The quantitative estimate of drug-likeness (QED) is 0.855. The smallest absolute Gasteiger partial charge is 0.253 e. The molecule has 1 atom stereocenters. The van der Waals surface area contributed by atoms with Gasteiger partial charge in [-0.05, 0) is 42.8 Å². The van der Waals surface area contributed by atoms with Gasteiger partial charge >= 0.3 is 0 Å². The van der Waals surface area contributed by atoms with Gasteiger partial charge in [-0.15, -0.1) is 0 Å². The van der Waals surface area contributed by atoms with Crippen molar-refractivity contribution in [2.75, 3.05) is 31.6 Å². The van der Waals surface area contributed by atoms with Gasteiger partial charge in [-0.3, -0.25) is 9.59 Å². The van der Waals surface area contributed by atoms with E-state index >= 15 is 0 Å². The Hall–Kier alpha value is -2.82. The van der Waals surface area contributed by atoms with Gasteiger partial charge in [0.1, 0.15) is 5.75 Å². The number of carbonyl (C=O) groups excluding carboxylic acids is 2. The number of benzene rings is 2. The van der Waals surface area contributed by atoms with Crippen molar-refractivity contribution in [3.8, 4) is 5.75 Å². The average molecular weight is 350 g/mol. The van der Waals surface area contributed by atoms with Crippen LogP contribution in [0.3, 0.4) is 0 Å². The fourth-order valence-electron chi connectivity index (χ4n) is 4.04. The minimum atomic E-state index is -0.130. The Morgan fingerprint density at radius 1 is 1.04 bits per heavy atom. The second-order valence-corrected chi connectivity index (χ2v) is 7.20. The lowest BCUT2D eigenvalue weighted by Gasteiger charge is -2.24. The van der Waals surface area contributed by atoms with Crippen LogP contribution in [0.15, 0.2) is 54.6 Å². The molecule has 0 saturated carbocycles. The molecule has 0 bridgehead atoms. The maximum atomic E-state index is 12.8. The fourth-order valence-corrected chi connectivity index (χ4v) is 4.04. The molecule has 2 fully saturated rings. The number of amides is 2. The molecule has 2 heterocycles. The molecule has 2 aliphatic heterocycles. The van der Waals surface area contributed by atoms with Gasteiger partial charge in [0.25, 0.3) is 5.91 Å². The normalized spacial score (nSPS) is 22.3. The number of para-hydroxylation sites is 1. The van der Waals surface area contributed by atoms with Crippen LogP contribution in [-0.2, 0) is 4.79 Å². The first-order chi connectivity index (χ1) is 12.6. The Bertz CT molecular complexity index is 819. The lowest BCUT2D eigenvalue weighted by atomic mass is 9.86. The fraction of sp³-hybridized carbons (Fsp3) is 0.333. The van der Waals surface area contributed by atoms with Crippen molar-refractivity contribution in [1.82, 2.24) is 4.90 Å². The van der Waals surface area contributed by atoms with E-state index in [1.165, 1.54) is 0 Å². The maximum Gasteiger partial charge on any atom is 0.253 e. The molecule has 1 spiro atoms. The van der Waals surface area contributed by atoms with Gasteiger partial charge in [-0.1, -0.05) is 18.2 Å². The largest absolute Gasteiger partial charge is 0.497 e. The molecule has 2 aromatic rings. The van der Waals surface area contributed by atoms with E-state index in [0.717, 1.165) is 17.9 Å². The highest BCUT2D eigenvalue weighted by Gasteiger charge is 2.48. The first-order valence-electron chi connectivity index (χ1n) is 8.89. The molecular formula is C21H22N2O3. The standard InChI is InChI=1S/C21H22N2O3/c1-26-18-9-7-16(8-10-18)20(25)22-12-11-21(14-22)13-19(24)23(15-21)17-5-3-2-4-6-17/h2-10H,11-15H2,1H3/t21-/m0/s1. The van der Waals surface area contributed by atoms with Crippen LogP contribution in [0.1, 0.15) is 23.2 Å². The monoisotopic (exact) mass is 350 g/mol. The van der Waals surface area contributed by atoms with Gasteiger partial charge in [-0.2, -0.15) is 0 Å². The van der Waals surface area contributed by atoms with Gasteiger partial charge in [0, 0.05) is 42.7 Å². The Morgan fingerprint density at radius 2 is 1.77 bits per heavy atom. The summed E-state index contributed by atoms with van der Waals surface area (Å²) < 4.78 is 5.15. The molecule has 26 heavy (non-hydrogen) atoms. The van der Waals surface area contributed by atoms with Crippen molar-refractivity contribution in [1.29, 1.82) is 0 Å². The molecule has 0 radical (unpaired) electrons. The number of hydrogen-bond acceptors (Lipinski definition) is 3. The summed E-state index contributed by atoms with van der Waals surface area (Å²) in [7, 11) is 1.61. The maximum absolute atomic E-state index is 12.8. The predicted octanol–water partition coefficient (Wildman–Crippen LogP) is 2.96. The molecule has 4 rings (SSSR count). The first kappa shape index (κ1) is 16.6. The topological polar surface area (TPSA) is 49.9 Å². The molecule has 0 unspecified atom stereocenters. The molecule has 5 nitrogen and oxygen atoms in total. The molecule has 2 amide bonds. The summed E-state index contributed by atoms with van der Waals surface area (Å²) in [4.78, 5) is 29.1. The zero-order valence-corrected chi connectivity index (χ0v) is 14.9. The van der Waals surface area contributed by atoms with Crippen LogP contribution in [0.4, 0.5) is 5.69 Å². The van der Waals surface area contributed by atoms with Gasteiger partial charge in [0.15, 0.2) is 0 Å². The second kappa shape index (κ2) is 6.48. The number of hydrogen-bond donors (Lipinski definition) is 0. The number of nitrogens with zero attached hydrogens (tertiary/aromatic N) is 2. The van der Waals surface area contributed by atoms with Crippen LogP contribution in [0.5, 0.6) is 5.75 Å². The van der Waals surface area contributed by atoms with E-state index in [1.807, 2.05) is 40.1 Å². The molecule has 0 aromatic heterocycles. The van der Waals surface area contributed by atoms with Gasteiger partial charge < -0.3 is 14.5 Å². The van der Waals surface area contributed by atoms with Crippen molar-refractivity contribution in [2.45, 2.75) is 12.8 Å². The van der Waals surface area contributed by atoms with Gasteiger partial charge in [0.2, 0.25) is 5.91 Å². The molecule has 134 valence electrons. The molecule has 5 heteroatoms. The second-order valence-electron chi connectivity index (χ2n) is 7.20. The zero-order valence-electron chi connectivity index (χ0n) is 14.9. The Morgan fingerprint density at radius 3 is 2.46 bits per heavy atom. The summed E-state index contributed by atoms with van der Waals surface area (Å²) in [5.41, 5.74) is 1.47. The molecule has 2 aliphatic rings. The molecule has 0 N–H and O–H groups in total. The minimum absolute atomic E-state index is 0.0233. The molecule has 0 aliphatic carbocycles. The van der Waals surface area contributed by atoms with E-state index in [2.05, 4.69) is 0 Å². The van der Waals surface area contributed by atoms with Gasteiger partial charge in [0.05, 0.1) is 7.11 Å². The van der Waals surface area contributed by atoms with Gasteiger partial charge in [-0.25, -0.2) is 0 Å². The molecular weight excluding hydrogens is 328 g/mol. The van der Waals surface area contributed by atoms with Crippen LogP contribution in [0.25, 0.3) is 0 Å². The van der Waals surface area contributed by atoms with Crippen LogP contribution in [0.2, 0.25) is 0 Å². The number of likely N-dealkylation sites (tertiary alicyclic amines) is 1. The highest BCUT2D eigenvalue weighted by Crippen LogP contribution is 2.42. The van der Waals surface area contributed by atoms with Crippen molar-refractivity contribution in [3.63, 3.8) is 0 Å². The SMILES string of the molecule is COc1ccc(C(=O)N2CC[C@]3(CC(=O)N(c4ccccc4)C3)C2)cc1. The number of carbonyl (C=O) groups is 2. The van der Waals surface area contributed by atoms with E-state index in [9.17, 15) is 9.59 Å². The summed E-state index contributed by atoms with van der Waals surface area (Å²) in [6.45, 7) is 2.01. The van der Waals surface area contributed by atoms with Crippen molar-refractivity contribution in [2.24, 2.45) is 5.41 Å². The van der Waals surface area contributed by atoms with E-state index in [-0.39, 0.29) is 17.2 Å². The predicted molar refractivity (Wildman–Crippen MR) is 99.4 cm³/mol. The highest BCUT2D eigenvalue weighted by molar-refractivity contribution is 5.97. The summed E-state index contributed by atoms with van der Waals surface area (Å²) in [5.74, 6) is 0.907. The van der Waals surface area contributed by atoms with E-state index in [1.54, 1.807) is 31.4 Å². The van der Waals surface area contributed by atoms with Crippen LogP contribution in [-0.4, -0.2) is 43.5 Å². The number of methoxy groups -OCH3 is 1. The molecule has 2 aromatic carbocycles. The first-order valence-corrected chi connectivity index (χ1v) is 8.89. The van der Waals surface area contributed by atoms with Crippen LogP contribution < -0.4 is 9.64 Å². The third kappa shape index (κ3) is 2.94. The number of anilines is 1. The van der Waals surface area contributed by atoms with Crippen molar-refractivity contribution >= 4 is 17.5 Å². The summed E-state index contributed by atoms with van der Waals surface area (Å²) in [6.07, 6.45) is 1.37. The Balaban J connectivity index is 1.47. The lowest BCUT2D eigenvalue weighted by molar-refractivity contribution is -0.117. The number of ether oxygens (including phenoxy) is 1. The van der Waals surface area contributed by atoms with Crippen molar-refractivity contribution < 1.29 is 14.3 Å². The molecule has 2 saturated heterocycles. The minimum Gasteiger partial charge on any atom is -0.497 e. The summed E-state index contributed by atoms with van der Waals surface area (Å²) in [6, 6.07) is 17.0. The van der Waals surface area contributed by atoms with Crippen molar-refractivity contribution in [3.05, 3.63) is 60.2 Å². The average Bonchev–Trinajstić information content (AvgIpc) is 3.25.